The van der Waals surface area contributed by atoms with E-state index in [1.807, 2.05) is 29.2 Å². The van der Waals surface area contributed by atoms with Crippen molar-refractivity contribution >= 4 is 17.8 Å². The minimum Gasteiger partial charge on any atom is -0.357 e. The number of guanidine groups is 1. The van der Waals surface area contributed by atoms with E-state index in [4.69, 9.17) is 4.99 Å². The maximum Gasteiger partial charge on any atom is 0.253 e. The SMILES string of the molecule is CCNC(=NCCc1cccc(C(=O)N(C)C)c1)NC1CCN(C(=O)C2CCCC2)C1. The molecule has 1 aliphatic carbocycles. The number of carbonyl (C=O) groups is 2. The molecule has 0 bridgehead atoms. The first-order chi connectivity index (χ1) is 15.0. The second-order valence-electron chi connectivity index (χ2n) is 8.81. The van der Waals surface area contributed by atoms with Crippen molar-refractivity contribution in [2.75, 3.05) is 40.3 Å². The lowest BCUT2D eigenvalue weighted by molar-refractivity contribution is -0.134. The Morgan fingerprint density at radius 3 is 2.68 bits per heavy atom. The van der Waals surface area contributed by atoms with Crippen LogP contribution in [0.5, 0.6) is 0 Å². The number of nitrogens with one attached hydrogen (secondary N) is 2. The topological polar surface area (TPSA) is 77.0 Å². The second-order valence-corrected chi connectivity index (χ2v) is 8.81. The number of nitrogens with zero attached hydrogens (tertiary/aromatic N) is 3. The van der Waals surface area contributed by atoms with E-state index >= 15 is 0 Å². The van der Waals surface area contributed by atoms with Gasteiger partial charge in [-0.2, -0.15) is 0 Å². The van der Waals surface area contributed by atoms with Crippen LogP contribution in [-0.2, 0) is 11.2 Å². The lowest BCUT2D eigenvalue weighted by Gasteiger charge is -2.21. The highest BCUT2D eigenvalue weighted by Crippen LogP contribution is 2.27. The van der Waals surface area contributed by atoms with Crippen LogP contribution < -0.4 is 10.6 Å². The smallest absolute Gasteiger partial charge is 0.253 e. The molecule has 7 nitrogen and oxygen atoms in total. The summed E-state index contributed by atoms with van der Waals surface area (Å²) in [5.41, 5.74) is 1.80. The molecule has 1 heterocycles. The Bertz CT molecular complexity index is 786. The zero-order valence-electron chi connectivity index (χ0n) is 19.2. The Morgan fingerprint density at radius 1 is 1.19 bits per heavy atom. The van der Waals surface area contributed by atoms with E-state index in [0.29, 0.717) is 18.0 Å². The number of carbonyl (C=O) groups excluding carboxylic acids is 2. The molecular weight excluding hydrogens is 390 g/mol. The Balaban J connectivity index is 1.52. The molecule has 0 spiro atoms. The lowest BCUT2D eigenvalue weighted by Crippen LogP contribution is -2.45. The number of rotatable bonds is 7. The molecule has 170 valence electrons. The van der Waals surface area contributed by atoms with Gasteiger partial charge in [0.1, 0.15) is 0 Å². The van der Waals surface area contributed by atoms with E-state index < -0.39 is 0 Å². The van der Waals surface area contributed by atoms with Crippen LogP contribution in [0.2, 0.25) is 0 Å². The molecule has 31 heavy (non-hydrogen) atoms. The number of hydrogen-bond acceptors (Lipinski definition) is 3. The molecule has 3 rings (SSSR count). The third-order valence-electron chi connectivity index (χ3n) is 6.14. The Morgan fingerprint density at radius 2 is 1.97 bits per heavy atom. The van der Waals surface area contributed by atoms with E-state index in [2.05, 4.69) is 17.6 Å². The summed E-state index contributed by atoms with van der Waals surface area (Å²) in [7, 11) is 3.53. The molecule has 1 aliphatic heterocycles. The van der Waals surface area contributed by atoms with Gasteiger partial charge in [-0.05, 0) is 50.3 Å². The van der Waals surface area contributed by atoms with Crippen molar-refractivity contribution in [2.45, 2.75) is 51.5 Å². The molecule has 1 aromatic rings. The summed E-state index contributed by atoms with van der Waals surface area (Å²) in [6.45, 7) is 5.06. The summed E-state index contributed by atoms with van der Waals surface area (Å²) in [5, 5.41) is 6.82. The van der Waals surface area contributed by atoms with Crippen LogP contribution in [0.25, 0.3) is 0 Å². The minimum absolute atomic E-state index is 0.0123. The molecule has 2 amide bonds. The Hall–Kier alpha value is -2.57. The predicted molar refractivity (Wildman–Crippen MR) is 124 cm³/mol. The molecule has 0 radical (unpaired) electrons. The normalized spacial score (nSPS) is 19.5. The van der Waals surface area contributed by atoms with Gasteiger partial charge in [0.15, 0.2) is 5.96 Å². The predicted octanol–water partition coefficient (Wildman–Crippen LogP) is 2.28. The van der Waals surface area contributed by atoms with Gasteiger partial charge in [0.05, 0.1) is 0 Å². The molecule has 1 unspecified atom stereocenters. The molecule has 1 aromatic carbocycles. The average molecular weight is 428 g/mol. The highest BCUT2D eigenvalue weighted by Gasteiger charge is 2.32. The fourth-order valence-corrected chi connectivity index (χ4v) is 4.44. The first kappa shape index (κ1) is 23.1. The summed E-state index contributed by atoms with van der Waals surface area (Å²) < 4.78 is 0. The van der Waals surface area contributed by atoms with Gasteiger partial charge >= 0.3 is 0 Å². The molecule has 2 N–H and O–H groups in total. The monoisotopic (exact) mass is 427 g/mol. The maximum absolute atomic E-state index is 12.7. The first-order valence-electron chi connectivity index (χ1n) is 11.6. The third kappa shape index (κ3) is 6.45. The van der Waals surface area contributed by atoms with E-state index in [-0.39, 0.29) is 17.9 Å². The third-order valence-corrected chi connectivity index (χ3v) is 6.14. The van der Waals surface area contributed by atoms with Crippen LogP contribution in [0.3, 0.4) is 0 Å². The van der Waals surface area contributed by atoms with Crippen molar-refractivity contribution < 1.29 is 9.59 Å². The van der Waals surface area contributed by atoms with Gasteiger partial charge in [0.2, 0.25) is 5.91 Å². The number of likely N-dealkylation sites (tertiary alicyclic amines) is 1. The van der Waals surface area contributed by atoms with Crippen LogP contribution in [0, 0.1) is 5.92 Å². The standard InChI is InChI=1S/C24H37N5O2/c1-4-25-24(26-14-12-18-8-7-11-20(16-18)22(30)28(2)3)27-21-13-15-29(17-21)23(31)19-9-5-6-10-19/h7-8,11,16,19,21H,4-6,9-10,12-15,17H2,1-3H3,(H2,25,26,27). The fraction of sp³-hybridized carbons (Fsp3) is 0.625. The highest BCUT2D eigenvalue weighted by molar-refractivity contribution is 5.94. The van der Waals surface area contributed by atoms with E-state index in [1.165, 1.54) is 12.8 Å². The second kappa shape index (κ2) is 11.2. The van der Waals surface area contributed by atoms with Gasteiger partial charge in [-0.1, -0.05) is 25.0 Å². The van der Waals surface area contributed by atoms with Crippen LogP contribution in [0.4, 0.5) is 0 Å². The van der Waals surface area contributed by atoms with E-state index in [0.717, 1.165) is 56.8 Å². The van der Waals surface area contributed by atoms with Crippen molar-refractivity contribution in [3.05, 3.63) is 35.4 Å². The number of amides is 2. The highest BCUT2D eigenvalue weighted by atomic mass is 16.2. The lowest BCUT2D eigenvalue weighted by atomic mass is 10.1. The van der Waals surface area contributed by atoms with E-state index in [1.54, 1.807) is 19.0 Å². The molecule has 0 aromatic heterocycles. The zero-order valence-corrected chi connectivity index (χ0v) is 19.2. The van der Waals surface area contributed by atoms with Gasteiger partial charge in [0.25, 0.3) is 5.91 Å². The van der Waals surface area contributed by atoms with Gasteiger partial charge in [-0.15, -0.1) is 0 Å². The summed E-state index contributed by atoms with van der Waals surface area (Å²) in [6, 6.07) is 7.99. The van der Waals surface area contributed by atoms with Crippen LogP contribution in [-0.4, -0.2) is 73.9 Å². The van der Waals surface area contributed by atoms with Gasteiger partial charge in [0, 0.05) is 57.8 Å². The van der Waals surface area contributed by atoms with Crippen molar-refractivity contribution in [1.29, 1.82) is 0 Å². The van der Waals surface area contributed by atoms with Gasteiger partial charge in [-0.3, -0.25) is 14.6 Å². The fourth-order valence-electron chi connectivity index (χ4n) is 4.44. The Kier molecular flexibility index (Phi) is 8.32. The summed E-state index contributed by atoms with van der Waals surface area (Å²) in [5.74, 6) is 1.40. The summed E-state index contributed by atoms with van der Waals surface area (Å²) in [4.78, 5) is 33.2. The van der Waals surface area contributed by atoms with Crippen molar-refractivity contribution in [3.63, 3.8) is 0 Å². The number of benzene rings is 1. The molecule has 1 atom stereocenters. The van der Waals surface area contributed by atoms with Gasteiger partial charge in [-0.25, -0.2) is 0 Å². The van der Waals surface area contributed by atoms with Crippen molar-refractivity contribution in [3.8, 4) is 0 Å². The van der Waals surface area contributed by atoms with Crippen LogP contribution >= 0.6 is 0 Å². The van der Waals surface area contributed by atoms with E-state index in [9.17, 15) is 9.59 Å². The maximum atomic E-state index is 12.7. The zero-order chi connectivity index (χ0) is 22.2. The van der Waals surface area contributed by atoms with Crippen molar-refractivity contribution in [2.24, 2.45) is 10.9 Å². The minimum atomic E-state index is 0.0123. The number of aliphatic imine (C=N–C) groups is 1. The van der Waals surface area contributed by atoms with Crippen LogP contribution in [0.15, 0.2) is 29.3 Å². The molecule has 7 heteroatoms. The first-order valence-corrected chi connectivity index (χ1v) is 11.6. The molecular formula is C24H37N5O2. The van der Waals surface area contributed by atoms with Crippen LogP contribution in [0.1, 0.15) is 54.9 Å². The number of hydrogen-bond donors (Lipinski definition) is 2. The molecule has 1 saturated carbocycles. The molecule has 2 aliphatic rings. The van der Waals surface area contributed by atoms with Gasteiger partial charge < -0.3 is 20.4 Å². The van der Waals surface area contributed by atoms with Crippen molar-refractivity contribution in [1.82, 2.24) is 20.4 Å². The average Bonchev–Trinajstić information content (AvgIpc) is 3.45. The summed E-state index contributed by atoms with van der Waals surface area (Å²) in [6.07, 6.45) is 6.21. The summed E-state index contributed by atoms with van der Waals surface area (Å²) >= 11 is 0. The largest absolute Gasteiger partial charge is 0.357 e. The Labute approximate surface area is 186 Å². The quantitative estimate of drug-likeness (QED) is 0.517. The molecule has 1 saturated heterocycles. The molecule has 2 fully saturated rings.